The second-order valence-electron chi connectivity index (χ2n) is 5.27. The summed E-state index contributed by atoms with van der Waals surface area (Å²) in [4.78, 5) is 4.41. The molecule has 2 aromatic rings. The van der Waals surface area contributed by atoms with Crippen LogP contribution >= 0.6 is 0 Å². The maximum atomic E-state index is 6.39. The van der Waals surface area contributed by atoms with Crippen molar-refractivity contribution in [1.82, 2.24) is 10.1 Å². The van der Waals surface area contributed by atoms with Gasteiger partial charge in [0.05, 0.1) is 17.4 Å². The first-order valence-corrected chi connectivity index (χ1v) is 6.33. The van der Waals surface area contributed by atoms with Crippen LogP contribution < -0.4 is 5.73 Å². The molecule has 0 atom stereocenters. The lowest BCUT2D eigenvalue weighted by atomic mass is 9.78. The van der Waals surface area contributed by atoms with Crippen LogP contribution in [0.1, 0.15) is 38.5 Å². The molecule has 2 N–H and O–H groups in total. The minimum atomic E-state index is -0.457. The molecule has 2 aromatic heterocycles. The SMILES string of the molecule is CC1CCC(N)(c2nc(-c3ccoc3)no2)CC1. The molecule has 0 spiro atoms. The smallest absolute Gasteiger partial charge is 0.247 e. The van der Waals surface area contributed by atoms with E-state index in [-0.39, 0.29) is 0 Å². The normalized spacial score (nSPS) is 28.4. The molecule has 1 aliphatic carbocycles. The number of furan rings is 1. The van der Waals surface area contributed by atoms with Crippen molar-refractivity contribution in [3.8, 4) is 11.4 Å². The highest BCUT2D eigenvalue weighted by molar-refractivity contribution is 5.51. The van der Waals surface area contributed by atoms with Crippen LogP contribution in [0, 0.1) is 5.92 Å². The first kappa shape index (κ1) is 11.5. The van der Waals surface area contributed by atoms with Gasteiger partial charge in [0, 0.05) is 0 Å². The third-order valence-corrected chi connectivity index (χ3v) is 3.80. The van der Waals surface area contributed by atoms with E-state index in [0.29, 0.717) is 11.7 Å². The predicted molar refractivity (Wildman–Crippen MR) is 65.5 cm³/mol. The van der Waals surface area contributed by atoms with Crippen molar-refractivity contribution < 1.29 is 8.94 Å². The summed E-state index contributed by atoms with van der Waals surface area (Å²) in [6.45, 7) is 2.25. The Balaban J connectivity index is 1.85. The largest absolute Gasteiger partial charge is 0.472 e. The lowest BCUT2D eigenvalue weighted by molar-refractivity contribution is 0.190. The van der Waals surface area contributed by atoms with Crippen molar-refractivity contribution in [3.05, 3.63) is 24.5 Å². The molecule has 0 aliphatic heterocycles. The highest BCUT2D eigenvalue weighted by atomic mass is 16.5. The van der Waals surface area contributed by atoms with Gasteiger partial charge in [-0.1, -0.05) is 12.1 Å². The molecule has 0 amide bonds. The summed E-state index contributed by atoms with van der Waals surface area (Å²) in [6, 6.07) is 1.81. The zero-order valence-electron chi connectivity index (χ0n) is 10.4. The lowest BCUT2D eigenvalue weighted by Crippen LogP contribution is -2.40. The van der Waals surface area contributed by atoms with E-state index in [1.54, 1.807) is 18.6 Å². The van der Waals surface area contributed by atoms with Gasteiger partial charge < -0.3 is 14.7 Å². The molecule has 2 heterocycles. The van der Waals surface area contributed by atoms with Crippen molar-refractivity contribution in [2.45, 2.75) is 38.1 Å². The van der Waals surface area contributed by atoms with Gasteiger partial charge in [0.15, 0.2) is 0 Å². The van der Waals surface area contributed by atoms with Gasteiger partial charge >= 0.3 is 0 Å². The van der Waals surface area contributed by atoms with Gasteiger partial charge in [-0.2, -0.15) is 4.98 Å². The number of nitrogens with zero attached hydrogens (tertiary/aromatic N) is 2. The molecule has 1 saturated carbocycles. The first-order valence-electron chi connectivity index (χ1n) is 6.33. The quantitative estimate of drug-likeness (QED) is 0.882. The van der Waals surface area contributed by atoms with Crippen LogP contribution in [0.4, 0.5) is 0 Å². The van der Waals surface area contributed by atoms with Crippen molar-refractivity contribution in [2.24, 2.45) is 11.7 Å². The standard InChI is InChI=1S/C13H17N3O2/c1-9-2-5-13(14,6-3-9)12-15-11(16-18-12)10-4-7-17-8-10/h4,7-9H,2-3,5-6,14H2,1H3. The number of nitrogens with two attached hydrogens (primary N) is 1. The molecule has 1 fully saturated rings. The number of rotatable bonds is 2. The molecule has 0 bridgehead atoms. The predicted octanol–water partition coefficient (Wildman–Crippen LogP) is 2.69. The highest BCUT2D eigenvalue weighted by Crippen LogP contribution is 2.37. The van der Waals surface area contributed by atoms with Crippen LogP contribution in [0.5, 0.6) is 0 Å². The molecular formula is C13H17N3O2. The van der Waals surface area contributed by atoms with Crippen molar-refractivity contribution in [1.29, 1.82) is 0 Å². The summed E-state index contributed by atoms with van der Waals surface area (Å²) < 4.78 is 10.3. The lowest BCUT2D eigenvalue weighted by Gasteiger charge is -2.32. The maximum absolute atomic E-state index is 6.39. The van der Waals surface area contributed by atoms with E-state index in [1.165, 1.54) is 0 Å². The number of aromatic nitrogens is 2. The average Bonchev–Trinajstić information content (AvgIpc) is 3.01. The molecule has 0 unspecified atom stereocenters. The summed E-state index contributed by atoms with van der Waals surface area (Å²) in [6.07, 6.45) is 7.22. The fourth-order valence-corrected chi connectivity index (χ4v) is 2.43. The molecule has 5 nitrogen and oxygen atoms in total. The molecule has 18 heavy (non-hydrogen) atoms. The molecule has 0 aromatic carbocycles. The second-order valence-corrected chi connectivity index (χ2v) is 5.27. The Kier molecular flexibility index (Phi) is 2.70. The van der Waals surface area contributed by atoms with E-state index in [1.807, 2.05) is 0 Å². The van der Waals surface area contributed by atoms with Gasteiger partial charge in [-0.05, 0) is 37.7 Å². The van der Waals surface area contributed by atoms with Gasteiger partial charge in [0.2, 0.25) is 11.7 Å². The number of hydrogen-bond acceptors (Lipinski definition) is 5. The molecular weight excluding hydrogens is 230 g/mol. The van der Waals surface area contributed by atoms with Crippen LogP contribution in [0.25, 0.3) is 11.4 Å². The van der Waals surface area contributed by atoms with Crippen molar-refractivity contribution in [3.63, 3.8) is 0 Å². The molecule has 0 saturated heterocycles. The zero-order chi connectivity index (χ0) is 12.6. The Labute approximate surface area is 105 Å². The molecule has 3 rings (SSSR count). The van der Waals surface area contributed by atoms with E-state index < -0.39 is 5.54 Å². The molecule has 1 aliphatic rings. The van der Waals surface area contributed by atoms with E-state index >= 15 is 0 Å². The first-order chi connectivity index (χ1) is 8.67. The second kappa shape index (κ2) is 4.24. The molecule has 0 radical (unpaired) electrons. The van der Waals surface area contributed by atoms with E-state index in [0.717, 1.165) is 37.2 Å². The summed E-state index contributed by atoms with van der Waals surface area (Å²) in [7, 11) is 0. The monoisotopic (exact) mass is 247 g/mol. The van der Waals surface area contributed by atoms with E-state index in [9.17, 15) is 0 Å². The Morgan fingerprint density at radius 1 is 1.39 bits per heavy atom. The van der Waals surface area contributed by atoms with E-state index in [2.05, 4.69) is 17.1 Å². The Bertz CT molecular complexity index is 510. The third kappa shape index (κ3) is 1.95. The van der Waals surface area contributed by atoms with Gasteiger partial charge in [-0.25, -0.2) is 0 Å². The van der Waals surface area contributed by atoms with Crippen LogP contribution in [0.3, 0.4) is 0 Å². The molecule has 5 heteroatoms. The van der Waals surface area contributed by atoms with E-state index in [4.69, 9.17) is 14.7 Å². The van der Waals surface area contributed by atoms with Crippen LogP contribution in [0.2, 0.25) is 0 Å². The van der Waals surface area contributed by atoms with Gasteiger partial charge in [-0.15, -0.1) is 0 Å². The highest BCUT2D eigenvalue weighted by Gasteiger charge is 2.37. The fourth-order valence-electron chi connectivity index (χ4n) is 2.43. The summed E-state index contributed by atoms with van der Waals surface area (Å²) in [5.74, 6) is 1.82. The number of hydrogen-bond donors (Lipinski definition) is 1. The van der Waals surface area contributed by atoms with Crippen LogP contribution in [-0.4, -0.2) is 10.1 Å². The summed E-state index contributed by atoms with van der Waals surface area (Å²) >= 11 is 0. The minimum Gasteiger partial charge on any atom is -0.472 e. The zero-order valence-corrected chi connectivity index (χ0v) is 10.4. The maximum Gasteiger partial charge on any atom is 0.247 e. The average molecular weight is 247 g/mol. The molecule has 96 valence electrons. The van der Waals surface area contributed by atoms with Crippen LogP contribution in [0.15, 0.2) is 27.5 Å². The van der Waals surface area contributed by atoms with Crippen molar-refractivity contribution >= 4 is 0 Å². The minimum absolute atomic E-state index is 0.457. The third-order valence-electron chi connectivity index (χ3n) is 3.80. The Morgan fingerprint density at radius 3 is 2.83 bits per heavy atom. The van der Waals surface area contributed by atoms with Crippen molar-refractivity contribution in [2.75, 3.05) is 0 Å². The van der Waals surface area contributed by atoms with Gasteiger partial charge in [0.25, 0.3) is 0 Å². The summed E-state index contributed by atoms with van der Waals surface area (Å²) in [5, 5.41) is 3.97. The Morgan fingerprint density at radius 2 is 2.17 bits per heavy atom. The fraction of sp³-hybridized carbons (Fsp3) is 0.538. The topological polar surface area (TPSA) is 78.1 Å². The van der Waals surface area contributed by atoms with Gasteiger partial charge in [-0.3, -0.25) is 0 Å². The van der Waals surface area contributed by atoms with Gasteiger partial charge in [0.1, 0.15) is 6.26 Å². The Hall–Kier alpha value is -1.62. The summed E-state index contributed by atoms with van der Waals surface area (Å²) in [5.41, 5.74) is 6.75. The van der Waals surface area contributed by atoms with Crippen LogP contribution in [-0.2, 0) is 5.54 Å².